The zero-order chi connectivity index (χ0) is 12.5. The minimum atomic E-state index is -4.43. The van der Waals surface area contributed by atoms with E-state index in [4.69, 9.17) is 4.74 Å². The predicted molar refractivity (Wildman–Crippen MR) is 55.6 cm³/mol. The molecule has 0 aliphatic carbocycles. The number of hydrogen-bond donors (Lipinski definition) is 1. The summed E-state index contributed by atoms with van der Waals surface area (Å²) in [6.45, 7) is 0.565. The molecule has 1 aromatic heterocycles. The van der Waals surface area contributed by atoms with Crippen LogP contribution >= 0.6 is 0 Å². The third kappa shape index (κ3) is 2.54. The lowest BCUT2D eigenvalue weighted by atomic mass is 10.2. The van der Waals surface area contributed by atoms with Crippen LogP contribution in [0.25, 0.3) is 0 Å². The minimum Gasteiger partial charge on any atom is -0.373 e. The van der Waals surface area contributed by atoms with Crippen molar-refractivity contribution < 1.29 is 17.9 Å². The molecule has 1 unspecified atom stereocenters. The van der Waals surface area contributed by atoms with Gasteiger partial charge in [-0.15, -0.1) is 0 Å². The van der Waals surface area contributed by atoms with Crippen molar-refractivity contribution in [2.45, 2.75) is 31.7 Å². The van der Waals surface area contributed by atoms with Gasteiger partial charge >= 0.3 is 6.18 Å². The monoisotopic (exact) mass is 249 g/mol. The van der Waals surface area contributed by atoms with Gasteiger partial charge in [-0.1, -0.05) is 0 Å². The summed E-state index contributed by atoms with van der Waals surface area (Å²) < 4.78 is 44.3. The summed E-state index contributed by atoms with van der Waals surface area (Å²) in [7, 11) is 1.57. The minimum absolute atomic E-state index is 0.323. The van der Waals surface area contributed by atoms with E-state index >= 15 is 0 Å². The number of nitrogens with zero attached hydrogens (tertiary/aromatic N) is 2. The molecule has 0 bridgehead atoms. The van der Waals surface area contributed by atoms with Gasteiger partial charge in [0.15, 0.2) is 11.9 Å². The van der Waals surface area contributed by atoms with Gasteiger partial charge in [-0.05, 0) is 19.3 Å². The van der Waals surface area contributed by atoms with E-state index in [0.717, 1.165) is 18.9 Å². The van der Waals surface area contributed by atoms with Gasteiger partial charge in [0, 0.05) is 19.7 Å². The molecule has 0 spiro atoms. The second-order valence-electron chi connectivity index (χ2n) is 3.93. The fourth-order valence-corrected chi connectivity index (χ4v) is 1.86. The summed E-state index contributed by atoms with van der Waals surface area (Å²) >= 11 is 0. The van der Waals surface area contributed by atoms with Crippen molar-refractivity contribution in [3.63, 3.8) is 0 Å². The molecule has 1 aliphatic rings. The Balaban J connectivity index is 2.28. The van der Waals surface area contributed by atoms with Crippen LogP contribution in [-0.4, -0.2) is 23.4 Å². The van der Waals surface area contributed by atoms with Crippen molar-refractivity contribution in [3.8, 4) is 0 Å². The molecular formula is C10H14F3N3O. The summed E-state index contributed by atoms with van der Waals surface area (Å²) in [5.41, 5.74) is -0.893. The van der Waals surface area contributed by atoms with Crippen molar-refractivity contribution in [2.24, 2.45) is 0 Å². The first-order chi connectivity index (χ1) is 8.02. The standard InChI is InChI=1S/C10H14F3N3O/c1-14-8-6-7(10(11,12)13)15-16(8)9-4-2-3-5-17-9/h6,9,14H,2-5H2,1H3. The molecule has 1 aromatic rings. The highest BCUT2D eigenvalue weighted by molar-refractivity contribution is 5.37. The van der Waals surface area contributed by atoms with Crippen LogP contribution in [0, 0.1) is 0 Å². The Hall–Kier alpha value is -1.24. The Kier molecular flexibility index (Phi) is 3.28. The van der Waals surface area contributed by atoms with Crippen LogP contribution in [0.3, 0.4) is 0 Å². The molecule has 0 amide bonds. The Bertz CT molecular complexity index is 383. The summed E-state index contributed by atoms with van der Waals surface area (Å²) in [5, 5.41) is 6.29. The van der Waals surface area contributed by atoms with E-state index in [1.807, 2.05) is 0 Å². The number of rotatable bonds is 2. The highest BCUT2D eigenvalue weighted by Crippen LogP contribution is 2.33. The molecule has 1 saturated heterocycles. The summed E-state index contributed by atoms with van der Waals surface area (Å²) in [6.07, 6.45) is -2.25. The van der Waals surface area contributed by atoms with E-state index < -0.39 is 18.1 Å². The third-order valence-electron chi connectivity index (χ3n) is 2.71. The maximum Gasteiger partial charge on any atom is 0.435 e. The van der Waals surface area contributed by atoms with Gasteiger partial charge in [0.1, 0.15) is 5.82 Å². The van der Waals surface area contributed by atoms with Crippen molar-refractivity contribution in [3.05, 3.63) is 11.8 Å². The Labute approximate surface area is 96.7 Å². The van der Waals surface area contributed by atoms with E-state index in [1.165, 1.54) is 4.68 Å². The number of alkyl halides is 3. The highest BCUT2D eigenvalue weighted by Gasteiger charge is 2.36. The zero-order valence-electron chi connectivity index (χ0n) is 9.42. The second kappa shape index (κ2) is 4.56. The van der Waals surface area contributed by atoms with Crippen LogP contribution in [0.15, 0.2) is 6.07 Å². The topological polar surface area (TPSA) is 39.1 Å². The summed E-state index contributed by atoms with van der Waals surface area (Å²) in [6, 6.07) is 0.998. The lowest BCUT2D eigenvalue weighted by Gasteiger charge is -2.24. The molecule has 4 nitrogen and oxygen atoms in total. The largest absolute Gasteiger partial charge is 0.435 e. The van der Waals surface area contributed by atoms with Crippen LogP contribution in [0.1, 0.15) is 31.2 Å². The van der Waals surface area contributed by atoms with E-state index in [1.54, 1.807) is 7.05 Å². The quantitative estimate of drug-likeness (QED) is 0.875. The zero-order valence-corrected chi connectivity index (χ0v) is 9.42. The normalized spacial score (nSPS) is 21.5. The van der Waals surface area contributed by atoms with Gasteiger partial charge in [0.25, 0.3) is 0 Å². The molecule has 1 N–H and O–H groups in total. The van der Waals surface area contributed by atoms with Gasteiger partial charge < -0.3 is 10.1 Å². The van der Waals surface area contributed by atoms with Crippen LogP contribution in [-0.2, 0) is 10.9 Å². The highest BCUT2D eigenvalue weighted by atomic mass is 19.4. The third-order valence-corrected chi connectivity index (χ3v) is 2.71. The van der Waals surface area contributed by atoms with Crippen LogP contribution in [0.4, 0.5) is 19.0 Å². The van der Waals surface area contributed by atoms with Crippen LogP contribution in [0.5, 0.6) is 0 Å². The Morgan fingerprint density at radius 2 is 2.24 bits per heavy atom. The number of hydrogen-bond acceptors (Lipinski definition) is 3. The molecule has 17 heavy (non-hydrogen) atoms. The number of anilines is 1. The van der Waals surface area contributed by atoms with E-state index in [-0.39, 0.29) is 0 Å². The van der Waals surface area contributed by atoms with Crippen molar-refractivity contribution >= 4 is 5.82 Å². The number of halogens is 3. The fourth-order valence-electron chi connectivity index (χ4n) is 1.86. The van der Waals surface area contributed by atoms with Crippen LogP contribution in [0.2, 0.25) is 0 Å². The smallest absolute Gasteiger partial charge is 0.373 e. The number of aromatic nitrogens is 2. The average Bonchev–Trinajstić information content (AvgIpc) is 2.73. The van der Waals surface area contributed by atoms with E-state index in [0.29, 0.717) is 18.8 Å². The lowest BCUT2D eigenvalue weighted by molar-refractivity contribution is -0.142. The maximum absolute atomic E-state index is 12.5. The lowest BCUT2D eigenvalue weighted by Crippen LogP contribution is -2.21. The molecule has 96 valence electrons. The molecule has 0 aromatic carbocycles. The van der Waals surface area contributed by atoms with Crippen molar-refractivity contribution in [1.29, 1.82) is 0 Å². The van der Waals surface area contributed by atoms with Crippen molar-refractivity contribution in [1.82, 2.24) is 9.78 Å². The molecule has 0 saturated carbocycles. The Morgan fingerprint density at radius 1 is 1.47 bits per heavy atom. The molecular weight excluding hydrogens is 235 g/mol. The summed E-state index contributed by atoms with van der Waals surface area (Å²) in [4.78, 5) is 0. The van der Waals surface area contributed by atoms with E-state index in [2.05, 4.69) is 10.4 Å². The van der Waals surface area contributed by atoms with Gasteiger partial charge in [-0.3, -0.25) is 0 Å². The maximum atomic E-state index is 12.5. The molecule has 7 heteroatoms. The van der Waals surface area contributed by atoms with Gasteiger partial charge in [-0.25, -0.2) is 4.68 Å². The fraction of sp³-hybridized carbons (Fsp3) is 0.700. The average molecular weight is 249 g/mol. The molecule has 1 atom stereocenters. The summed E-state index contributed by atoms with van der Waals surface area (Å²) in [5.74, 6) is 0.323. The van der Waals surface area contributed by atoms with Gasteiger partial charge in [-0.2, -0.15) is 18.3 Å². The molecule has 2 rings (SSSR count). The molecule has 2 heterocycles. The first kappa shape index (κ1) is 12.2. The predicted octanol–water partition coefficient (Wildman–Crippen LogP) is 2.64. The Morgan fingerprint density at radius 3 is 2.76 bits per heavy atom. The first-order valence-corrected chi connectivity index (χ1v) is 5.48. The first-order valence-electron chi connectivity index (χ1n) is 5.48. The van der Waals surface area contributed by atoms with E-state index in [9.17, 15) is 13.2 Å². The molecule has 0 radical (unpaired) electrons. The molecule has 1 fully saturated rings. The van der Waals surface area contributed by atoms with Crippen molar-refractivity contribution in [2.75, 3.05) is 19.0 Å². The second-order valence-corrected chi connectivity index (χ2v) is 3.93. The van der Waals surface area contributed by atoms with Crippen LogP contribution < -0.4 is 5.32 Å². The van der Waals surface area contributed by atoms with Gasteiger partial charge in [0.05, 0.1) is 0 Å². The van der Waals surface area contributed by atoms with Gasteiger partial charge in [0.2, 0.25) is 0 Å². The number of nitrogens with one attached hydrogen (secondary N) is 1. The SMILES string of the molecule is CNc1cc(C(F)(F)F)nn1C1CCCCO1. The molecule has 1 aliphatic heterocycles. The number of ether oxygens (including phenoxy) is 1.